The average molecular weight is 342 g/mol. The lowest BCUT2D eigenvalue weighted by atomic mass is 9.99. The van der Waals surface area contributed by atoms with E-state index in [9.17, 15) is 5.11 Å². The number of anilines is 1. The average Bonchev–Trinajstić information content (AvgIpc) is 2.68. The van der Waals surface area contributed by atoms with Crippen LogP contribution in [0, 0.1) is 6.92 Å². The van der Waals surface area contributed by atoms with Gasteiger partial charge in [0, 0.05) is 29.5 Å². The second-order valence-corrected chi connectivity index (χ2v) is 6.13. The third kappa shape index (κ3) is 3.07. The van der Waals surface area contributed by atoms with Crippen molar-refractivity contribution in [2.24, 2.45) is 0 Å². The van der Waals surface area contributed by atoms with Gasteiger partial charge in [-0.25, -0.2) is 4.98 Å². The number of aromatic nitrogens is 3. The molecule has 0 aliphatic heterocycles. The monoisotopic (exact) mass is 342 g/mol. The van der Waals surface area contributed by atoms with Gasteiger partial charge in [-0.15, -0.1) is 0 Å². The molecule has 0 bridgehead atoms. The van der Waals surface area contributed by atoms with E-state index in [0.29, 0.717) is 11.1 Å². The molecule has 1 unspecified atom stereocenters. The summed E-state index contributed by atoms with van der Waals surface area (Å²) in [7, 11) is 0. The molecular formula is C21H18N4O. The zero-order chi connectivity index (χ0) is 17.9. The van der Waals surface area contributed by atoms with Crippen LogP contribution >= 0.6 is 0 Å². The number of aryl methyl sites for hydroxylation is 1. The molecule has 1 aromatic carbocycles. The molecule has 0 saturated heterocycles. The van der Waals surface area contributed by atoms with Crippen molar-refractivity contribution in [3.8, 4) is 5.75 Å². The highest BCUT2D eigenvalue weighted by atomic mass is 16.3. The molecule has 0 radical (unpaired) electrons. The van der Waals surface area contributed by atoms with Crippen molar-refractivity contribution in [2.75, 3.05) is 5.32 Å². The van der Waals surface area contributed by atoms with Gasteiger partial charge in [0.25, 0.3) is 0 Å². The standard InChI is InChI=1S/C21H18N4O/c1-14-9-12-23-18(13-14)25-20(17-6-2-3-10-22-17)16-8-7-15-5-4-11-24-19(15)21(16)26/h2-13,20,26H,1H3,(H,23,25). The van der Waals surface area contributed by atoms with E-state index in [1.165, 1.54) is 0 Å². The molecule has 3 heterocycles. The van der Waals surface area contributed by atoms with Crippen LogP contribution in [-0.4, -0.2) is 20.1 Å². The van der Waals surface area contributed by atoms with E-state index in [4.69, 9.17) is 0 Å². The summed E-state index contributed by atoms with van der Waals surface area (Å²) in [6, 6.07) is 16.9. The Labute approximate surface area is 151 Å². The number of hydrogen-bond donors (Lipinski definition) is 2. The largest absolute Gasteiger partial charge is 0.505 e. The molecule has 1 atom stereocenters. The Balaban J connectivity index is 1.84. The first-order valence-corrected chi connectivity index (χ1v) is 8.39. The van der Waals surface area contributed by atoms with Crippen molar-refractivity contribution >= 4 is 16.7 Å². The first-order valence-electron chi connectivity index (χ1n) is 8.39. The zero-order valence-corrected chi connectivity index (χ0v) is 14.3. The van der Waals surface area contributed by atoms with E-state index in [1.54, 1.807) is 18.6 Å². The van der Waals surface area contributed by atoms with Crippen molar-refractivity contribution in [3.63, 3.8) is 0 Å². The van der Waals surface area contributed by atoms with Crippen LogP contribution < -0.4 is 5.32 Å². The molecule has 3 aromatic heterocycles. The topological polar surface area (TPSA) is 70.9 Å². The maximum atomic E-state index is 10.9. The number of pyridine rings is 3. The minimum absolute atomic E-state index is 0.152. The molecule has 5 heteroatoms. The quantitative estimate of drug-likeness (QED) is 0.580. The van der Waals surface area contributed by atoms with E-state index >= 15 is 0 Å². The summed E-state index contributed by atoms with van der Waals surface area (Å²) in [6.45, 7) is 2.01. The Morgan fingerprint density at radius 3 is 2.58 bits per heavy atom. The van der Waals surface area contributed by atoms with E-state index in [2.05, 4.69) is 20.3 Å². The summed E-state index contributed by atoms with van der Waals surface area (Å²) in [5.74, 6) is 0.875. The normalized spacial score (nSPS) is 12.0. The van der Waals surface area contributed by atoms with Crippen LogP contribution in [0.1, 0.15) is 22.9 Å². The highest BCUT2D eigenvalue weighted by molar-refractivity contribution is 5.85. The molecule has 4 aromatic rings. The van der Waals surface area contributed by atoms with Gasteiger partial charge in [0.15, 0.2) is 0 Å². The summed E-state index contributed by atoms with van der Waals surface area (Å²) >= 11 is 0. The molecule has 0 aliphatic rings. The van der Waals surface area contributed by atoms with Gasteiger partial charge in [0.05, 0.1) is 11.7 Å². The number of phenolic OH excluding ortho intramolecular Hbond substituents is 1. The van der Waals surface area contributed by atoms with Crippen molar-refractivity contribution in [3.05, 3.63) is 90.0 Å². The summed E-state index contributed by atoms with van der Waals surface area (Å²) in [5, 5.41) is 15.2. The van der Waals surface area contributed by atoms with Gasteiger partial charge >= 0.3 is 0 Å². The van der Waals surface area contributed by atoms with Gasteiger partial charge in [-0.2, -0.15) is 0 Å². The first kappa shape index (κ1) is 16.0. The molecular weight excluding hydrogens is 324 g/mol. The second-order valence-electron chi connectivity index (χ2n) is 6.13. The highest BCUT2D eigenvalue weighted by Gasteiger charge is 2.21. The SMILES string of the molecule is Cc1ccnc(NC(c2ccccn2)c2ccc3cccnc3c2O)c1. The molecule has 0 spiro atoms. The predicted octanol–water partition coefficient (Wildman–Crippen LogP) is 4.24. The number of fused-ring (bicyclic) bond motifs is 1. The maximum absolute atomic E-state index is 10.9. The third-order valence-corrected chi connectivity index (χ3v) is 4.28. The molecule has 26 heavy (non-hydrogen) atoms. The minimum Gasteiger partial charge on any atom is -0.505 e. The van der Waals surface area contributed by atoms with Crippen LogP contribution in [0.5, 0.6) is 5.75 Å². The maximum Gasteiger partial charge on any atom is 0.147 e. The van der Waals surface area contributed by atoms with Crippen molar-refractivity contribution in [1.29, 1.82) is 0 Å². The number of phenols is 1. The lowest BCUT2D eigenvalue weighted by molar-refractivity contribution is 0.471. The Bertz CT molecular complexity index is 1050. The summed E-state index contributed by atoms with van der Waals surface area (Å²) in [5.41, 5.74) is 3.18. The van der Waals surface area contributed by atoms with Gasteiger partial charge in [0.2, 0.25) is 0 Å². The Morgan fingerprint density at radius 1 is 0.885 bits per heavy atom. The third-order valence-electron chi connectivity index (χ3n) is 4.28. The van der Waals surface area contributed by atoms with Crippen LogP contribution in [0.15, 0.2) is 73.2 Å². The molecule has 0 saturated carbocycles. The molecule has 0 aliphatic carbocycles. The number of benzene rings is 1. The smallest absolute Gasteiger partial charge is 0.147 e. The zero-order valence-electron chi connectivity index (χ0n) is 14.3. The van der Waals surface area contributed by atoms with E-state index in [-0.39, 0.29) is 11.8 Å². The van der Waals surface area contributed by atoms with Gasteiger partial charge < -0.3 is 10.4 Å². The fourth-order valence-electron chi connectivity index (χ4n) is 3.00. The molecule has 0 amide bonds. The fraction of sp³-hybridized carbons (Fsp3) is 0.0952. The molecule has 0 fully saturated rings. The molecule has 128 valence electrons. The van der Waals surface area contributed by atoms with Gasteiger partial charge in [-0.1, -0.05) is 24.3 Å². The second kappa shape index (κ2) is 6.80. The van der Waals surface area contributed by atoms with Gasteiger partial charge in [-0.05, 0) is 42.8 Å². The van der Waals surface area contributed by atoms with Crippen molar-refractivity contribution < 1.29 is 5.11 Å². The summed E-state index contributed by atoms with van der Waals surface area (Å²) in [4.78, 5) is 13.2. The predicted molar refractivity (Wildman–Crippen MR) is 102 cm³/mol. The Hall–Kier alpha value is -3.47. The summed E-state index contributed by atoms with van der Waals surface area (Å²) < 4.78 is 0. The van der Waals surface area contributed by atoms with Crippen LogP contribution in [0.4, 0.5) is 5.82 Å². The van der Waals surface area contributed by atoms with E-state index in [1.807, 2.05) is 61.5 Å². The van der Waals surface area contributed by atoms with Gasteiger partial charge in [0.1, 0.15) is 17.1 Å². The van der Waals surface area contributed by atoms with Crippen molar-refractivity contribution in [1.82, 2.24) is 15.0 Å². The lowest BCUT2D eigenvalue weighted by Gasteiger charge is -2.21. The van der Waals surface area contributed by atoms with Crippen LogP contribution in [0.2, 0.25) is 0 Å². The number of rotatable bonds is 4. The van der Waals surface area contributed by atoms with Crippen LogP contribution in [-0.2, 0) is 0 Å². The minimum atomic E-state index is -0.350. The van der Waals surface area contributed by atoms with Crippen molar-refractivity contribution in [2.45, 2.75) is 13.0 Å². The van der Waals surface area contributed by atoms with Crippen LogP contribution in [0.25, 0.3) is 10.9 Å². The lowest BCUT2D eigenvalue weighted by Crippen LogP contribution is -2.15. The Morgan fingerprint density at radius 2 is 1.77 bits per heavy atom. The first-order chi connectivity index (χ1) is 12.7. The number of nitrogens with zero attached hydrogens (tertiary/aromatic N) is 3. The Kier molecular flexibility index (Phi) is 4.19. The van der Waals surface area contributed by atoms with E-state index in [0.717, 1.165) is 22.5 Å². The molecule has 2 N–H and O–H groups in total. The number of aromatic hydroxyl groups is 1. The number of nitrogens with one attached hydrogen (secondary N) is 1. The number of hydrogen-bond acceptors (Lipinski definition) is 5. The van der Waals surface area contributed by atoms with E-state index < -0.39 is 0 Å². The molecule has 5 nitrogen and oxygen atoms in total. The highest BCUT2D eigenvalue weighted by Crippen LogP contribution is 2.35. The van der Waals surface area contributed by atoms with Gasteiger partial charge in [-0.3, -0.25) is 9.97 Å². The molecule has 4 rings (SSSR count). The fourth-order valence-corrected chi connectivity index (χ4v) is 3.00. The summed E-state index contributed by atoms with van der Waals surface area (Å²) in [6.07, 6.45) is 5.18. The van der Waals surface area contributed by atoms with Crippen LogP contribution in [0.3, 0.4) is 0 Å².